The summed E-state index contributed by atoms with van der Waals surface area (Å²) in [5.41, 5.74) is 13.6. The van der Waals surface area contributed by atoms with Gasteiger partial charge in [-0.05, 0) is 97.1 Å². The molecule has 0 amide bonds. The van der Waals surface area contributed by atoms with Crippen LogP contribution >= 0.6 is 0 Å². The van der Waals surface area contributed by atoms with E-state index >= 15 is 0 Å². The molecule has 7 heteroatoms. The van der Waals surface area contributed by atoms with E-state index in [2.05, 4.69) is 21.4 Å². The van der Waals surface area contributed by atoms with E-state index in [1.165, 1.54) is 23.9 Å². The summed E-state index contributed by atoms with van der Waals surface area (Å²) in [6.07, 6.45) is 4.86. The van der Waals surface area contributed by atoms with Crippen molar-refractivity contribution in [3.8, 4) is 11.3 Å². The first-order valence-electron chi connectivity index (χ1n) is 13.0. The van der Waals surface area contributed by atoms with Gasteiger partial charge in [0.2, 0.25) is 0 Å². The van der Waals surface area contributed by atoms with Gasteiger partial charge in [0.05, 0.1) is 5.69 Å². The van der Waals surface area contributed by atoms with E-state index in [-0.39, 0.29) is 11.6 Å². The lowest BCUT2D eigenvalue weighted by atomic mass is 9.93. The molecule has 38 heavy (non-hydrogen) atoms. The molecule has 1 aliphatic heterocycles. The molecule has 0 radical (unpaired) electrons. The van der Waals surface area contributed by atoms with Crippen LogP contribution in [0, 0.1) is 11.6 Å². The highest BCUT2D eigenvalue weighted by atomic mass is 19.1. The molecule has 0 unspecified atom stereocenters. The second-order valence-electron chi connectivity index (χ2n) is 10.0. The lowest BCUT2D eigenvalue weighted by molar-refractivity contribution is 0.455. The Hall–Kier alpha value is -4.10. The van der Waals surface area contributed by atoms with Gasteiger partial charge in [-0.1, -0.05) is 24.3 Å². The van der Waals surface area contributed by atoms with E-state index in [1.807, 2.05) is 24.3 Å². The van der Waals surface area contributed by atoms with Crippen molar-refractivity contribution in [1.82, 2.24) is 20.3 Å². The summed E-state index contributed by atoms with van der Waals surface area (Å²) in [4.78, 5) is 13.0. The number of piperidine rings is 1. The Kier molecular flexibility index (Phi) is 6.60. The van der Waals surface area contributed by atoms with Crippen LogP contribution in [0.2, 0.25) is 0 Å². The largest absolute Gasteiger partial charge is 0.383 e. The van der Waals surface area contributed by atoms with Crippen molar-refractivity contribution >= 4 is 16.9 Å². The minimum absolute atomic E-state index is 0.281. The third-order valence-electron chi connectivity index (χ3n) is 7.37. The van der Waals surface area contributed by atoms with Crippen LogP contribution in [0.5, 0.6) is 0 Å². The number of halogens is 2. The number of benzene rings is 2. The number of H-pyrrole nitrogens is 1. The summed E-state index contributed by atoms with van der Waals surface area (Å²) in [6, 6.07) is 19.3. The highest BCUT2D eigenvalue weighted by molar-refractivity contribution is 5.93. The lowest BCUT2D eigenvalue weighted by Gasteiger charge is -2.21. The smallest absolute Gasteiger partial charge is 0.138 e. The number of aromatic amines is 1. The number of nitrogen functional groups attached to an aromatic ring is 1. The first-order chi connectivity index (χ1) is 18.5. The van der Waals surface area contributed by atoms with Gasteiger partial charge in [-0.3, -0.25) is 0 Å². The average molecular weight is 510 g/mol. The number of hydrogen-bond donors (Lipinski definition) is 3. The molecule has 0 saturated carbocycles. The third kappa shape index (κ3) is 5.02. The van der Waals surface area contributed by atoms with Crippen LogP contribution in [-0.2, 0) is 12.8 Å². The van der Waals surface area contributed by atoms with Gasteiger partial charge in [-0.25, -0.2) is 18.7 Å². The van der Waals surface area contributed by atoms with Crippen molar-refractivity contribution in [3.63, 3.8) is 0 Å². The number of fused-ring (bicyclic) bond motifs is 1. The molecule has 5 nitrogen and oxygen atoms in total. The van der Waals surface area contributed by atoms with Crippen molar-refractivity contribution < 1.29 is 8.78 Å². The van der Waals surface area contributed by atoms with Crippen LogP contribution < -0.4 is 11.1 Å². The Morgan fingerprint density at radius 2 is 1.53 bits per heavy atom. The molecule has 4 heterocycles. The molecular formula is C31H29F2N5. The molecule has 192 valence electrons. The quantitative estimate of drug-likeness (QED) is 0.257. The van der Waals surface area contributed by atoms with E-state index < -0.39 is 0 Å². The van der Waals surface area contributed by atoms with Crippen molar-refractivity contribution in [2.75, 3.05) is 18.8 Å². The van der Waals surface area contributed by atoms with Gasteiger partial charge in [0.25, 0.3) is 0 Å². The number of rotatable bonds is 6. The molecule has 3 aromatic heterocycles. The Balaban J connectivity index is 1.46. The third-order valence-corrected chi connectivity index (χ3v) is 7.37. The van der Waals surface area contributed by atoms with Crippen LogP contribution in [0.3, 0.4) is 0 Å². The van der Waals surface area contributed by atoms with E-state index in [9.17, 15) is 8.78 Å². The van der Waals surface area contributed by atoms with Crippen LogP contribution in [0.25, 0.3) is 22.3 Å². The Morgan fingerprint density at radius 1 is 0.842 bits per heavy atom. The number of nitrogens with zero attached hydrogens (tertiary/aromatic N) is 2. The van der Waals surface area contributed by atoms with Crippen LogP contribution in [-0.4, -0.2) is 28.0 Å². The Bertz CT molecular complexity index is 1600. The van der Waals surface area contributed by atoms with Crippen molar-refractivity contribution in [2.24, 2.45) is 0 Å². The SMILES string of the molecule is Nc1nc(-c2ccnc3[nH]c(C4CCNCC4)cc23)c(Cc2cccc(F)c2)cc1Cc1cccc(F)c1. The van der Waals surface area contributed by atoms with Crippen LogP contribution in [0.1, 0.15) is 46.7 Å². The van der Waals surface area contributed by atoms with Gasteiger partial charge >= 0.3 is 0 Å². The number of nitrogens with two attached hydrogens (primary N) is 1. The maximum atomic E-state index is 14.1. The number of aromatic nitrogens is 3. The first-order valence-corrected chi connectivity index (χ1v) is 13.0. The van der Waals surface area contributed by atoms with E-state index in [0.29, 0.717) is 24.6 Å². The Morgan fingerprint density at radius 3 is 2.21 bits per heavy atom. The summed E-state index contributed by atoms with van der Waals surface area (Å²) < 4.78 is 27.9. The summed E-state index contributed by atoms with van der Waals surface area (Å²) >= 11 is 0. The van der Waals surface area contributed by atoms with E-state index in [4.69, 9.17) is 10.7 Å². The fraction of sp³-hybridized carbons (Fsp3) is 0.226. The zero-order chi connectivity index (χ0) is 26.1. The van der Waals surface area contributed by atoms with E-state index in [1.54, 1.807) is 24.4 Å². The standard InChI is InChI=1S/C31H29F2N5/c32-24-5-1-3-19(15-24)13-22-17-23(14-20-4-2-6-25(33)16-20)30(34)38-29(22)26-9-12-36-31-27(26)18-28(37-31)21-7-10-35-11-8-21/h1-6,9,12,15-18,21,35H,7-8,10-11,13-14H2,(H2,34,38)(H,36,37). The average Bonchev–Trinajstić information content (AvgIpc) is 3.36. The van der Waals surface area contributed by atoms with Crippen molar-refractivity contribution in [1.29, 1.82) is 0 Å². The summed E-state index contributed by atoms with van der Waals surface area (Å²) in [6.45, 7) is 2.01. The van der Waals surface area contributed by atoms with Crippen molar-refractivity contribution in [3.05, 3.63) is 113 Å². The predicted molar refractivity (Wildman–Crippen MR) is 147 cm³/mol. The van der Waals surface area contributed by atoms with Gasteiger partial charge in [0.15, 0.2) is 0 Å². The molecule has 4 N–H and O–H groups in total. The zero-order valence-corrected chi connectivity index (χ0v) is 21.0. The van der Waals surface area contributed by atoms with Gasteiger partial charge in [-0.2, -0.15) is 0 Å². The molecule has 0 atom stereocenters. The number of anilines is 1. The normalized spacial score (nSPS) is 14.3. The summed E-state index contributed by atoms with van der Waals surface area (Å²) in [5.74, 6) is 0.279. The van der Waals surface area contributed by atoms with Gasteiger partial charge in [0.1, 0.15) is 23.1 Å². The van der Waals surface area contributed by atoms with E-state index in [0.717, 1.165) is 70.5 Å². The number of hydrogen-bond acceptors (Lipinski definition) is 4. The summed E-state index contributed by atoms with van der Waals surface area (Å²) in [5, 5.41) is 4.41. The zero-order valence-electron chi connectivity index (χ0n) is 21.0. The minimum Gasteiger partial charge on any atom is -0.383 e. The van der Waals surface area contributed by atoms with Crippen molar-refractivity contribution in [2.45, 2.75) is 31.6 Å². The minimum atomic E-state index is -0.290. The predicted octanol–water partition coefficient (Wildman–Crippen LogP) is 6.13. The molecular weight excluding hydrogens is 480 g/mol. The molecule has 6 rings (SSSR count). The lowest BCUT2D eigenvalue weighted by Crippen LogP contribution is -2.26. The van der Waals surface area contributed by atoms with Gasteiger partial charge < -0.3 is 16.0 Å². The summed E-state index contributed by atoms with van der Waals surface area (Å²) in [7, 11) is 0. The van der Waals surface area contributed by atoms with Gasteiger partial charge in [-0.15, -0.1) is 0 Å². The van der Waals surface area contributed by atoms with Crippen LogP contribution in [0.4, 0.5) is 14.6 Å². The molecule has 1 aliphatic rings. The first kappa shape index (κ1) is 24.2. The Labute approximate surface area is 220 Å². The molecule has 5 aromatic rings. The van der Waals surface area contributed by atoms with Crippen LogP contribution in [0.15, 0.2) is 72.9 Å². The highest BCUT2D eigenvalue weighted by Crippen LogP contribution is 2.35. The number of nitrogens with one attached hydrogen (secondary N) is 2. The molecule has 0 aliphatic carbocycles. The molecule has 2 aromatic carbocycles. The highest BCUT2D eigenvalue weighted by Gasteiger charge is 2.21. The maximum absolute atomic E-state index is 14.1. The fourth-order valence-electron chi connectivity index (χ4n) is 5.47. The number of pyridine rings is 2. The fourth-order valence-corrected chi connectivity index (χ4v) is 5.47. The topological polar surface area (TPSA) is 79.6 Å². The van der Waals surface area contributed by atoms with Gasteiger partial charge in [0, 0.05) is 35.2 Å². The second kappa shape index (κ2) is 10.3. The molecule has 1 saturated heterocycles. The molecule has 0 spiro atoms. The maximum Gasteiger partial charge on any atom is 0.138 e. The molecule has 0 bridgehead atoms. The second-order valence-corrected chi connectivity index (χ2v) is 10.0. The monoisotopic (exact) mass is 509 g/mol. The molecule has 1 fully saturated rings.